The highest BCUT2D eigenvalue weighted by Gasteiger charge is 2.24. The third-order valence-electron chi connectivity index (χ3n) is 3.90. The number of halogens is 4. The van der Waals surface area contributed by atoms with Gasteiger partial charge in [0, 0.05) is 5.38 Å². The summed E-state index contributed by atoms with van der Waals surface area (Å²) < 4.78 is 80.6. The van der Waals surface area contributed by atoms with Gasteiger partial charge in [-0.1, -0.05) is 6.92 Å². The van der Waals surface area contributed by atoms with Crippen LogP contribution in [0.5, 0.6) is 0 Å². The molecule has 0 radical (unpaired) electrons. The van der Waals surface area contributed by atoms with Crippen LogP contribution in [-0.2, 0) is 10.0 Å². The number of sulfonamides is 1. The maximum absolute atomic E-state index is 14.7. The number of fused-ring (bicyclic) bond motifs is 1. The molecule has 0 saturated heterocycles. The predicted molar refractivity (Wildman–Crippen MR) is 104 cm³/mol. The summed E-state index contributed by atoms with van der Waals surface area (Å²) in [5.74, 6) is -3.77. The lowest BCUT2D eigenvalue weighted by molar-refractivity contribution is 0.102. The second-order valence-electron chi connectivity index (χ2n) is 6.05. The van der Waals surface area contributed by atoms with Crippen molar-refractivity contribution in [2.75, 3.05) is 15.8 Å². The Bertz CT molecular complexity index is 1220. The van der Waals surface area contributed by atoms with E-state index in [2.05, 4.69) is 9.97 Å². The van der Waals surface area contributed by atoms with Crippen LogP contribution in [-0.4, -0.2) is 30.0 Å². The first-order chi connectivity index (χ1) is 14.1. The van der Waals surface area contributed by atoms with Crippen molar-refractivity contribution in [3.63, 3.8) is 0 Å². The molecule has 0 atom stereocenters. The van der Waals surface area contributed by atoms with Crippen molar-refractivity contribution < 1.29 is 30.8 Å². The number of nitrogens with zero attached hydrogens (tertiary/aromatic N) is 2. The van der Waals surface area contributed by atoms with Crippen LogP contribution in [0.3, 0.4) is 0 Å². The molecule has 7 nitrogen and oxygen atoms in total. The Morgan fingerprint density at radius 3 is 2.63 bits per heavy atom. The van der Waals surface area contributed by atoms with Crippen LogP contribution in [0.25, 0.3) is 10.2 Å². The summed E-state index contributed by atoms with van der Waals surface area (Å²) in [7, 11) is -3.86. The normalized spacial score (nSPS) is 11.8. The Labute approximate surface area is 172 Å². The van der Waals surface area contributed by atoms with Gasteiger partial charge in [-0.15, -0.1) is 11.3 Å². The smallest absolute Gasteiger partial charge is 0.281 e. The number of carbonyl (C=O) groups is 1. The molecule has 13 heteroatoms. The number of nitrogens with one attached hydrogen (secondary N) is 2. The maximum Gasteiger partial charge on any atom is 0.281 e. The standard InChI is InChI=1S/C17H14F4N4O3S2/c1-2-5-30(27,28)25-10-4-3-9(18)13(11(10)19)24-17(26)8-6-29-15-12(8)22-7-23-14(15)16(20)21/h3-4,6-7,16,25H,2,5H2,1H3,(H,24,26). The van der Waals surface area contributed by atoms with Gasteiger partial charge in [0.05, 0.1) is 27.2 Å². The minimum absolute atomic E-state index is 0.0281. The zero-order valence-corrected chi connectivity index (χ0v) is 16.9. The summed E-state index contributed by atoms with van der Waals surface area (Å²) in [5, 5.41) is 3.23. The van der Waals surface area contributed by atoms with E-state index in [1.807, 2.05) is 10.0 Å². The molecule has 0 fully saturated rings. The highest BCUT2D eigenvalue weighted by Crippen LogP contribution is 2.33. The quantitative estimate of drug-likeness (QED) is 0.510. The summed E-state index contributed by atoms with van der Waals surface area (Å²) >= 11 is 0.788. The zero-order valence-electron chi connectivity index (χ0n) is 15.2. The molecule has 2 N–H and O–H groups in total. The Balaban J connectivity index is 1.95. The number of anilines is 2. The Morgan fingerprint density at radius 1 is 1.23 bits per heavy atom. The highest BCUT2D eigenvalue weighted by molar-refractivity contribution is 7.92. The lowest BCUT2D eigenvalue weighted by Gasteiger charge is -2.12. The largest absolute Gasteiger partial charge is 0.317 e. The molecule has 3 rings (SSSR count). The number of aromatic nitrogens is 2. The number of carbonyl (C=O) groups excluding carboxylic acids is 1. The van der Waals surface area contributed by atoms with Crippen molar-refractivity contribution in [2.24, 2.45) is 0 Å². The Morgan fingerprint density at radius 2 is 1.97 bits per heavy atom. The Kier molecular flexibility index (Phi) is 6.22. The number of thiophene rings is 1. The topological polar surface area (TPSA) is 101 Å². The van der Waals surface area contributed by atoms with Gasteiger partial charge in [0.25, 0.3) is 12.3 Å². The fourth-order valence-electron chi connectivity index (χ4n) is 2.60. The summed E-state index contributed by atoms with van der Waals surface area (Å²) in [4.78, 5) is 19.8. The Hall–Kier alpha value is -2.80. The molecule has 0 aliphatic rings. The molecule has 2 heterocycles. The maximum atomic E-state index is 14.7. The van der Waals surface area contributed by atoms with E-state index in [1.54, 1.807) is 6.92 Å². The molecule has 30 heavy (non-hydrogen) atoms. The molecule has 3 aromatic rings. The lowest BCUT2D eigenvalue weighted by Crippen LogP contribution is -2.19. The molecule has 0 bridgehead atoms. The van der Waals surface area contributed by atoms with Gasteiger partial charge >= 0.3 is 0 Å². The molecule has 160 valence electrons. The first-order valence-electron chi connectivity index (χ1n) is 8.44. The van der Waals surface area contributed by atoms with E-state index in [1.165, 1.54) is 5.38 Å². The van der Waals surface area contributed by atoms with Crippen molar-refractivity contribution in [3.8, 4) is 0 Å². The average molecular weight is 462 g/mol. The van der Waals surface area contributed by atoms with Gasteiger partial charge in [0.15, 0.2) is 5.82 Å². The van der Waals surface area contributed by atoms with Crippen LogP contribution in [0, 0.1) is 11.6 Å². The first kappa shape index (κ1) is 21.9. The number of hydrogen-bond donors (Lipinski definition) is 2. The van der Waals surface area contributed by atoms with Crippen LogP contribution >= 0.6 is 11.3 Å². The van der Waals surface area contributed by atoms with Crippen molar-refractivity contribution in [1.82, 2.24) is 9.97 Å². The van der Waals surface area contributed by atoms with Gasteiger partial charge in [-0.3, -0.25) is 9.52 Å². The van der Waals surface area contributed by atoms with E-state index in [-0.39, 0.29) is 28.0 Å². The van der Waals surface area contributed by atoms with Gasteiger partial charge in [0.2, 0.25) is 10.0 Å². The SMILES string of the molecule is CCCS(=O)(=O)Nc1ccc(F)c(NC(=O)c2csc3c(C(F)F)ncnc23)c1F. The van der Waals surface area contributed by atoms with Gasteiger partial charge in [-0.2, -0.15) is 0 Å². The predicted octanol–water partition coefficient (Wildman–Crippen LogP) is 4.31. The monoisotopic (exact) mass is 462 g/mol. The van der Waals surface area contributed by atoms with Crippen molar-refractivity contribution in [2.45, 2.75) is 19.8 Å². The van der Waals surface area contributed by atoms with Gasteiger partial charge in [-0.05, 0) is 18.6 Å². The van der Waals surface area contributed by atoms with E-state index in [0.29, 0.717) is 0 Å². The summed E-state index contributed by atoms with van der Waals surface area (Å²) in [6, 6.07) is 1.67. The van der Waals surface area contributed by atoms with Crippen molar-refractivity contribution in [1.29, 1.82) is 0 Å². The molecular formula is C17H14F4N4O3S2. The van der Waals surface area contributed by atoms with Crippen LogP contribution in [0.1, 0.15) is 35.8 Å². The molecule has 0 saturated carbocycles. The second kappa shape index (κ2) is 8.52. The fourth-order valence-corrected chi connectivity index (χ4v) is 4.72. The number of amides is 1. The van der Waals surface area contributed by atoms with E-state index >= 15 is 0 Å². The third kappa shape index (κ3) is 4.36. The molecule has 1 aromatic carbocycles. The molecular weight excluding hydrogens is 448 g/mol. The second-order valence-corrected chi connectivity index (χ2v) is 8.77. The minimum Gasteiger partial charge on any atom is -0.317 e. The molecule has 0 aliphatic heterocycles. The van der Waals surface area contributed by atoms with Crippen LogP contribution in [0.4, 0.5) is 28.9 Å². The van der Waals surface area contributed by atoms with Crippen LogP contribution in [0.2, 0.25) is 0 Å². The van der Waals surface area contributed by atoms with Crippen molar-refractivity contribution >= 4 is 48.9 Å². The van der Waals surface area contributed by atoms with E-state index in [4.69, 9.17) is 0 Å². The van der Waals surface area contributed by atoms with Gasteiger partial charge in [0.1, 0.15) is 23.5 Å². The number of hydrogen-bond acceptors (Lipinski definition) is 6. The molecule has 1 amide bonds. The summed E-state index contributed by atoms with van der Waals surface area (Å²) in [6.07, 6.45) is -1.76. The zero-order chi connectivity index (χ0) is 22.1. The molecule has 0 unspecified atom stereocenters. The van der Waals surface area contributed by atoms with Crippen LogP contribution in [0.15, 0.2) is 23.8 Å². The fraction of sp³-hybridized carbons (Fsp3) is 0.235. The lowest BCUT2D eigenvalue weighted by atomic mass is 10.2. The minimum atomic E-state index is -3.86. The third-order valence-corrected chi connectivity index (χ3v) is 6.37. The molecule has 0 spiro atoms. The highest BCUT2D eigenvalue weighted by atomic mass is 32.2. The van der Waals surface area contributed by atoms with E-state index in [0.717, 1.165) is 29.8 Å². The van der Waals surface area contributed by atoms with Crippen LogP contribution < -0.4 is 10.0 Å². The van der Waals surface area contributed by atoms with Crippen molar-refractivity contribution in [3.05, 3.63) is 46.7 Å². The molecule has 0 aliphatic carbocycles. The summed E-state index contributed by atoms with van der Waals surface area (Å²) in [6.45, 7) is 1.61. The number of benzene rings is 1. The van der Waals surface area contributed by atoms with Gasteiger partial charge < -0.3 is 5.32 Å². The summed E-state index contributed by atoms with van der Waals surface area (Å²) in [5.41, 5.74) is -2.27. The number of alkyl halides is 2. The first-order valence-corrected chi connectivity index (χ1v) is 11.0. The average Bonchev–Trinajstić information content (AvgIpc) is 3.11. The molecule has 2 aromatic heterocycles. The number of rotatable bonds is 7. The van der Waals surface area contributed by atoms with Gasteiger partial charge in [-0.25, -0.2) is 35.9 Å². The van der Waals surface area contributed by atoms with E-state index in [9.17, 15) is 30.8 Å². The van der Waals surface area contributed by atoms with E-state index < -0.39 is 51.1 Å².